The minimum atomic E-state index is -4.32. The van der Waals surface area contributed by atoms with Gasteiger partial charge in [-0.3, -0.25) is 0 Å². The van der Waals surface area contributed by atoms with Crippen LogP contribution in [0.15, 0.2) is 42.5 Å². The van der Waals surface area contributed by atoms with Gasteiger partial charge in [-0.2, -0.15) is 13.2 Å². The average molecular weight is 504 g/mol. The van der Waals surface area contributed by atoms with E-state index in [0.717, 1.165) is 100 Å². The van der Waals surface area contributed by atoms with E-state index in [0.29, 0.717) is 0 Å². The molecule has 0 radical (unpaired) electrons. The summed E-state index contributed by atoms with van der Waals surface area (Å²) in [4.78, 5) is 21.5. The van der Waals surface area contributed by atoms with Gasteiger partial charge in [0, 0.05) is 44.7 Å². The van der Waals surface area contributed by atoms with Crippen LogP contribution in [0.4, 0.5) is 23.7 Å². The van der Waals surface area contributed by atoms with E-state index in [9.17, 15) is 18.0 Å². The second-order valence-corrected chi connectivity index (χ2v) is 9.83. The zero-order valence-corrected chi connectivity index (χ0v) is 20.2. The van der Waals surface area contributed by atoms with E-state index in [4.69, 9.17) is 9.57 Å². The van der Waals surface area contributed by atoms with Crippen LogP contribution in [-0.4, -0.2) is 43.3 Å². The average Bonchev–Trinajstić information content (AvgIpc) is 3.30. The van der Waals surface area contributed by atoms with Crippen molar-refractivity contribution in [3.63, 3.8) is 0 Å². The lowest BCUT2D eigenvalue weighted by molar-refractivity contribution is -0.137. The van der Waals surface area contributed by atoms with Crippen LogP contribution < -0.4 is 15.1 Å². The van der Waals surface area contributed by atoms with Gasteiger partial charge in [0.1, 0.15) is 11.9 Å². The second-order valence-electron chi connectivity index (χ2n) is 9.83. The molecule has 9 heteroatoms. The van der Waals surface area contributed by atoms with E-state index in [2.05, 4.69) is 16.4 Å². The Bertz CT molecular complexity index is 1050. The quantitative estimate of drug-likeness (QED) is 0.518. The summed E-state index contributed by atoms with van der Waals surface area (Å²) in [5.74, 6) is 0.827. The number of anilines is 1. The summed E-state index contributed by atoms with van der Waals surface area (Å²) in [6.45, 7) is 2.97. The van der Waals surface area contributed by atoms with Crippen LogP contribution in [0.25, 0.3) is 0 Å². The summed E-state index contributed by atoms with van der Waals surface area (Å²) >= 11 is 0. The summed E-state index contributed by atoms with van der Waals surface area (Å²) in [7, 11) is 0. The molecule has 2 heterocycles. The van der Waals surface area contributed by atoms with Gasteiger partial charge in [-0.15, -0.1) is 5.48 Å². The lowest BCUT2D eigenvalue weighted by Crippen LogP contribution is -2.39. The number of hydrogen-bond acceptors (Lipinski definition) is 5. The van der Waals surface area contributed by atoms with Gasteiger partial charge < -0.3 is 19.4 Å². The fraction of sp³-hybridized carbons (Fsp3) is 0.519. The SMILES string of the molecule is O=C(ONC1CCc2cc(OC3CCN(c4ccc(C(F)(F)F)cc4)CC3)ccc21)N1CCCCC1. The number of aryl methyl sites for hydroxylation is 1. The summed E-state index contributed by atoms with van der Waals surface area (Å²) < 4.78 is 44.7. The van der Waals surface area contributed by atoms with Crippen molar-refractivity contribution in [1.29, 1.82) is 0 Å². The van der Waals surface area contributed by atoms with Crippen molar-refractivity contribution in [3.05, 3.63) is 59.2 Å². The Morgan fingerprint density at radius 3 is 2.33 bits per heavy atom. The Hall–Kier alpha value is -2.94. The number of nitrogens with zero attached hydrogens (tertiary/aromatic N) is 2. The zero-order valence-electron chi connectivity index (χ0n) is 20.2. The molecule has 2 aromatic carbocycles. The van der Waals surface area contributed by atoms with Crippen LogP contribution in [0.2, 0.25) is 0 Å². The normalized spacial score (nSPS) is 20.8. The third-order valence-electron chi connectivity index (χ3n) is 7.40. The van der Waals surface area contributed by atoms with Crippen LogP contribution in [-0.2, 0) is 17.4 Å². The van der Waals surface area contributed by atoms with Gasteiger partial charge in [-0.1, -0.05) is 6.07 Å². The van der Waals surface area contributed by atoms with Crippen LogP contribution in [0.3, 0.4) is 0 Å². The molecule has 2 aliphatic heterocycles. The number of nitrogens with one attached hydrogen (secondary N) is 1. The molecule has 2 aromatic rings. The lowest BCUT2D eigenvalue weighted by atomic mass is 10.1. The highest BCUT2D eigenvalue weighted by molar-refractivity contribution is 5.67. The number of alkyl halides is 3. The molecule has 36 heavy (non-hydrogen) atoms. The summed E-state index contributed by atoms with van der Waals surface area (Å²) in [5, 5.41) is 0. The molecule has 1 N–H and O–H groups in total. The maximum atomic E-state index is 12.8. The molecule has 1 amide bonds. The van der Waals surface area contributed by atoms with Gasteiger partial charge in [0.05, 0.1) is 11.6 Å². The van der Waals surface area contributed by atoms with E-state index in [1.807, 2.05) is 12.1 Å². The largest absolute Gasteiger partial charge is 0.490 e. The van der Waals surface area contributed by atoms with Crippen molar-refractivity contribution < 1.29 is 27.5 Å². The van der Waals surface area contributed by atoms with E-state index < -0.39 is 11.7 Å². The molecule has 5 rings (SSSR count). The first-order valence-corrected chi connectivity index (χ1v) is 12.8. The first-order chi connectivity index (χ1) is 17.4. The number of ether oxygens (including phenoxy) is 1. The number of carbonyl (C=O) groups is 1. The predicted molar refractivity (Wildman–Crippen MR) is 130 cm³/mol. The van der Waals surface area contributed by atoms with Crippen molar-refractivity contribution >= 4 is 11.8 Å². The molecule has 6 nitrogen and oxygen atoms in total. The van der Waals surface area contributed by atoms with Gasteiger partial charge in [-0.25, -0.2) is 4.79 Å². The number of fused-ring (bicyclic) bond motifs is 1. The monoisotopic (exact) mass is 503 g/mol. The third-order valence-corrected chi connectivity index (χ3v) is 7.40. The number of likely N-dealkylation sites (tertiary alicyclic amines) is 1. The molecule has 1 atom stereocenters. The fourth-order valence-corrected chi connectivity index (χ4v) is 5.34. The maximum Gasteiger partial charge on any atom is 0.428 e. The number of rotatable bonds is 5. The molecule has 2 saturated heterocycles. The predicted octanol–water partition coefficient (Wildman–Crippen LogP) is 5.87. The maximum absolute atomic E-state index is 12.8. The molecule has 0 aromatic heterocycles. The summed E-state index contributed by atoms with van der Waals surface area (Å²) in [6.07, 6.45) is 2.01. The van der Waals surface area contributed by atoms with Crippen LogP contribution in [0.1, 0.15) is 61.3 Å². The summed E-state index contributed by atoms with van der Waals surface area (Å²) in [6, 6.07) is 11.4. The van der Waals surface area contributed by atoms with E-state index >= 15 is 0 Å². The smallest absolute Gasteiger partial charge is 0.428 e. The van der Waals surface area contributed by atoms with Crippen molar-refractivity contribution in [3.8, 4) is 5.75 Å². The highest BCUT2D eigenvalue weighted by Gasteiger charge is 2.31. The lowest BCUT2D eigenvalue weighted by Gasteiger charge is -2.34. The van der Waals surface area contributed by atoms with Gasteiger partial charge in [0.2, 0.25) is 0 Å². The molecule has 0 saturated carbocycles. The Kier molecular flexibility index (Phi) is 7.27. The van der Waals surface area contributed by atoms with Gasteiger partial charge in [-0.05, 0) is 79.6 Å². The molecule has 1 aliphatic carbocycles. The topological polar surface area (TPSA) is 54.0 Å². The van der Waals surface area contributed by atoms with Gasteiger partial charge >= 0.3 is 12.3 Å². The molecule has 194 valence electrons. The minimum absolute atomic E-state index is 0.0187. The van der Waals surface area contributed by atoms with Crippen molar-refractivity contribution in [1.82, 2.24) is 10.4 Å². The summed E-state index contributed by atoms with van der Waals surface area (Å²) in [5.41, 5.74) is 5.47. The molecule has 0 bridgehead atoms. The molecular formula is C27H32F3N3O3. The number of benzene rings is 2. The molecule has 3 aliphatic rings. The Morgan fingerprint density at radius 2 is 1.64 bits per heavy atom. The fourth-order valence-electron chi connectivity index (χ4n) is 5.34. The number of carbonyl (C=O) groups excluding carboxylic acids is 1. The highest BCUT2D eigenvalue weighted by atomic mass is 19.4. The molecule has 2 fully saturated rings. The third kappa shape index (κ3) is 5.72. The van der Waals surface area contributed by atoms with Gasteiger partial charge in [0.25, 0.3) is 0 Å². The van der Waals surface area contributed by atoms with E-state index in [-0.39, 0.29) is 18.2 Å². The van der Waals surface area contributed by atoms with Crippen molar-refractivity contribution in [2.75, 3.05) is 31.1 Å². The van der Waals surface area contributed by atoms with E-state index in [1.165, 1.54) is 5.56 Å². The Balaban J connectivity index is 1.10. The van der Waals surface area contributed by atoms with Crippen LogP contribution in [0.5, 0.6) is 5.75 Å². The Morgan fingerprint density at radius 1 is 0.917 bits per heavy atom. The first kappa shape index (κ1) is 24.7. The standard InChI is InChI=1S/C27H32F3N3O3/c28-27(29,30)20-5-7-21(8-6-20)32-16-12-22(13-17-32)35-23-9-10-24-19(18-23)4-11-25(24)31-36-26(34)33-14-2-1-3-15-33/h5-10,18,22,25,31H,1-4,11-17H2. The number of hydroxylamine groups is 1. The number of hydrogen-bond donors (Lipinski definition) is 1. The van der Waals surface area contributed by atoms with E-state index in [1.54, 1.807) is 17.0 Å². The van der Waals surface area contributed by atoms with Crippen LogP contribution >= 0.6 is 0 Å². The highest BCUT2D eigenvalue weighted by Crippen LogP contribution is 2.35. The zero-order chi connectivity index (χ0) is 25.1. The molecule has 1 unspecified atom stereocenters. The molecule has 0 spiro atoms. The number of piperidine rings is 2. The van der Waals surface area contributed by atoms with Crippen LogP contribution in [0, 0.1) is 0 Å². The first-order valence-electron chi connectivity index (χ1n) is 12.8. The second kappa shape index (κ2) is 10.6. The number of amides is 1. The minimum Gasteiger partial charge on any atom is -0.490 e. The van der Waals surface area contributed by atoms with Crippen molar-refractivity contribution in [2.45, 2.75) is 63.3 Å². The molecular weight excluding hydrogens is 471 g/mol. The van der Waals surface area contributed by atoms with Crippen molar-refractivity contribution in [2.24, 2.45) is 0 Å². The van der Waals surface area contributed by atoms with Gasteiger partial charge in [0.15, 0.2) is 0 Å². The Labute approximate surface area is 209 Å². The number of halogens is 3.